The fraction of sp³-hybridized carbons (Fsp3) is 0.769. The van der Waals surface area contributed by atoms with E-state index in [1.54, 1.807) is 6.92 Å². The van der Waals surface area contributed by atoms with E-state index in [2.05, 4.69) is 4.74 Å². The Bertz CT molecular complexity index is 318. The van der Waals surface area contributed by atoms with E-state index in [-0.39, 0.29) is 32.2 Å². The zero-order chi connectivity index (χ0) is 15.4. The molecule has 0 bridgehead atoms. The summed E-state index contributed by atoms with van der Waals surface area (Å²) in [6.45, 7) is 3.88. The smallest absolute Gasteiger partial charge is 0.413 e. The van der Waals surface area contributed by atoms with Gasteiger partial charge in [-0.1, -0.05) is 6.92 Å². The number of alkyl carbamates (subject to hydrolysis) is 1. The van der Waals surface area contributed by atoms with E-state index in [4.69, 9.17) is 4.74 Å². The Kier molecular flexibility index (Phi) is 10.3. The van der Waals surface area contributed by atoms with Crippen LogP contribution in [0.2, 0.25) is 0 Å². The lowest BCUT2D eigenvalue weighted by Gasteiger charge is -2.08. The highest BCUT2D eigenvalue weighted by Crippen LogP contribution is 2.02. The summed E-state index contributed by atoms with van der Waals surface area (Å²) in [4.78, 5) is 33.4. The first kappa shape index (κ1) is 18.4. The molecule has 0 aromatic rings. The van der Waals surface area contributed by atoms with Gasteiger partial charge in [0, 0.05) is 6.42 Å². The van der Waals surface area contributed by atoms with E-state index >= 15 is 0 Å². The largest absolute Gasteiger partial charge is 0.466 e. The molecule has 2 N–H and O–H groups in total. The molecule has 0 aliphatic heterocycles. The Hall–Kier alpha value is -1.63. The van der Waals surface area contributed by atoms with E-state index in [9.17, 15) is 19.5 Å². The number of amides is 2. The highest BCUT2D eigenvalue weighted by molar-refractivity contribution is 5.93. The van der Waals surface area contributed by atoms with Gasteiger partial charge in [0.05, 0.1) is 25.7 Å². The summed E-state index contributed by atoms with van der Waals surface area (Å²) >= 11 is 0. The van der Waals surface area contributed by atoms with Crippen LogP contribution in [0.15, 0.2) is 0 Å². The first-order valence-corrected chi connectivity index (χ1v) is 6.79. The summed E-state index contributed by atoms with van der Waals surface area (Å²) in [5.41, 5.74) is 0. The van der Waals surface area contributed by atoms with Crippen molar-refractivity contribution < 1.29 is 29.0 Å². The summed E-state index contributed by atoms with van der Waals surface area (Å²) in [6.07, 6.45) is 0.408. The summed E-state index contributed by atoms with van der Waals surface area (Å²) in [5.74, 6) is -1.09. The van der Waals surface area contributed by atoms with Crippen LogP contribution in [0.25, 0.3) is 0 Å². The maximum absolute atomic E-state index is 11.3. The molecule has 2 amide bonds. The van der Waals surface area contributed by atoms with Gasteiger partial charge in [-0.15, -0.1) is 0 Å². The predicted octanol–water partition coefficient (Wildman–Crippen LogP) is 1.13. The van der Waals surface area contributed by atoms with Gasteiger partial charge < -0.3 is 14.6 Å². The lowest BCUT2D eigenvalue weighted by atomic mass is 10.1. The molecule has 0 saturated carbocycles. The van der Waals surface area contributed by atoms with Gasteiger partial charge in [0.1, 0.15) is 0 Å². The van der Waals surface area contributed by atoms with Gasteiger partial charge in [-0.3, -0.25) is 14.9 Å². The minimum absolute atomic E-state index is 0.0957. The topological polar surface area (TPSA) is 102 Å². The van der Waals surface area contributed by atoms with Crippen LogP contribution in [-0.2, 0) is 19.1 Å². The number of aliphatic hydroxyl groups excluding tert-OH is 1. The van der Waals surface area contributed by atoms with Crippen molar-refractivity contribution in [3.63, 3.8) is 0 Å². The van der Waals surface area contributed by atoms with Crippen LogP contribution in [0, 0.1) is 0 Å². The second-order valence-electron chi connectivity index (χ2n) is 4.19. The van der Waals surface area contributed by atoms with Crippen LogP contribution in [0.3, 0.4) is 0 Å². The molecular formula is C13H23NO6. The maximum atomic E-state index is 11.3. The third-order valence-electron chi connectivity index (χ3n) is 2.49. The second kappa shape index (κ2) is 11.2. The number of aliphatic hydroxyl groups is 1. The lowest BCUT2D eigenvalue weighted by molar-refractivity contribution is -0.145. The molecule has 0 aliphatic rings. The highest BCUT2D eigenvalue weighted by atomic mass is 16.5. The Morgan fingerprint density at radius 3 is 2.45 bits per heavy atom. The summed E-state index contributed by atoms with van der Waals surface area (Å²) < 4.78 is 9.41. The zero-order valence-corrected chi connectivity index (χ0v) is 12.0. The van der Waals surface area contributed by atoms with E-state index in [1.165, 1.54) is 0 Å². The Morgan fingerprint density at radius 1 is 1.15 bits per heavy atom. The summed E-state index contributed by atoms with van der Waals surface area (Å²) in [7, 11) is 0. The molecule has 116 valence electrons. The minimum atomic E-state index is -0.820. The number of ether oxygens (including phenoxy) is 2. The van der Waals surface area contributed by atoms with Crippen LogP contribution in [0.5, 0.6) is 0 Å². The molecule has 0 heterocycles. The molecule has 0 aromatic heterocycles. The van der Waals surface area contributed by atoms with Crippen molar-refractivity contribution in [2.24, 2.45) is 0 Å². The maximum Gasteiger partial charge on any atom is 0.413 e. The summed E-state index contributed by atoms with van der Waals surface area (Å²) in [6, 6.07) is 0. The van der Waals surface area contributed by atoms with Gasteiger partial charge in [-0.2, -0.15) is 0 Å². The molecule has 0 saturated heterocycles. The first-order chi connectivity index (χ1) is 9.49. The number of imide groups is 1. The normalized spacial score (nSPS) is 11.6. The molecule has 0 aliphatic carbocycles. The molecular weight excluding hydrogens is 266 g/mol. The Balaban J connectivity index is 3.62. The third-order valence-corrected chi connectivity index (χ3v) is 2.49. The second-order valence-corrected chi connectivity index (χ2v) is 4.19. The van der Waals surface area contributed by atoms with Crippen LogP contribution in [0.4, 0.5) is 4.79 Å². The number of rotatable bonds is 9. The predicted molar refractivity (Wildman–Crippen MR) is 70.9 cm³/mol. The van der Waals surface area contributed by atoms with Crippen molar-refractivity contribution in [3.8, 4) is 0 Å². The van der Waals surface area contributed by atoms with Gasteiger partial charge in [-0.25, -0.2) is 4.79 Å². The first-order valence-electron chi connectivity index (χ1n) is 6.79. The Labute approximate surface area is 118 Å². The van der Waals surface area contributed by atoms with Crippen molar-refractivity contribution in [2.75, 3.05) is 13.2 Å². The van der Waals surface area contributed by atoms with E-state index in [1.807, 2.05) is 12.2 Å². The van der Waals surface area contributed by atoms with Gasteiger partial charge in [0.25, 0.3) is 0 Å². The van der Waals surface area contributed by atoms with E-state index < -0.39 is 18.0 Å². The standard InChI is InChI=1S/C13H23NO6/c1-3-10(15)6-5-9-20-12(17)8-7-11(16)14-13(18)19-4-2/h10,15H,3-9H2,1-2H3,(H,14,16,18). The van der Waals surface area contributed by atoms with Gasteiger partial charge in [-0.05, 0) is 26.2 Å². The molecule has 20 heavy (non-hydrogen) atoms. The van der Waals surface area contributed by atoms with E-state index in [0.29, 0.717) is 19.3 Å². The number of carbonyl (C=O) groups excluding carboxylic acids is 3. The average molecular weight is 289 g/mol. The average Bonchev–Trinajstić information content (AvgIpc) is 2.41. The molecule has 0 aromatic carbocycles. The lowest BCUT2D eigenvalue weighted by Crippen LogP contribution is -2.31. The molecule has 0 rings (SSSR count). The van der Waals surface area contributed by atoms with Crippen LogP contribution in [0.1, 0.15) is 46.0 Å². The van der Waals surface area contributed by atoms with Gasteiger partial charge >= 0.3 is 12.1 Å². The van der Waals surface area contributed by atoms with Crippen molar-refractivity contribution in [3.05, 3.63) is 0 Å². The molecule has 1 atom stereocenters. The number of hydrogen-bond donors (Lipinski definition) is 2. The number of carbonyl (C=O) groups is 3. The van der Waals surface area contributed by atoms with E-state index in [0.717, 1.165) is 0 Å². The van der Waals surface area contributed by atoms with Crippen molar-refractivity contribution in [1.82, 2.24) is 5.32 Å². The molecule has 7 nitrogen and oxygen atoms in total. The quantitative estimate of drug-likeness (QED) is 0.487. The fourth-order valence-electron chi connectivity index (χ4n) is 1.34. The zero-order valence-electron chi connectivity index (χ0n) is 12.0. The SMILES string of the molecule is CCOC(=O)NC(=O)CCC(=O)OCCCC(O)CC. The minimum Gasteiger partial charge on any atom is -0.466 e. The molecule has 0 spiro atoms. The van der Waals surface area contributed by atoms with Gasteiger partial charge in [0.2, 0.25) is 5.91 Å². The molecule has 1 unspecified atom stereocenters. The molecule has 7 heteroatoms. The molecule has 0 fully saturated rings. The summed E-state index contributed by atoms with van der Waals surface area (Å²) in [5, 5.41) is 11.3. The van der Waals surface area contributed by atoms with Crippen LogP contribution in [-0.4, -0.2) is 42.4 Å². The van der Waals surface area contributed by atoms with Gasteiger partial charge in [0.15, 0.2) is 0 Å². The number of nitrogens with one attached hydrogen (secondary N) is 1. The Morgan fingerprint density at radius 2 is 1.85 bits per heavy atom. The van der Waals surface area contributed by atoms with Crippen molar-refractivity contribution >= 4 is 18.0 Å². The number of hydrogen-bond acceptors (Lipinski definition) is 6. The van der Waals surface area contributed by atoms with Crippen molar-refractivity contribution in [2.45, 2.75) is 52.1 Å². The van der Waals surface area contributed by atoms with Crippen LogP contribution < -0.4 is 5.32 Å². The van der Waals surface area contributed by atoms with Crippen molar-refractivity contribution in [1.29, 1.82) is 0 Å². The fourth-order valence-corrected chi connectivity index (χ4v) is 1.34. The highest BCUT2D eigenvalue weighted by Gasteiger charge is 2.11. The molecule has 0 radical (unpaired) electrons. The third kappa shape index (κ3) is 10.3. The monoisotopic (exact) mass is 289 g/mol. The number of esters is 1. The van der Waals surface area contributed by atoms with Crippen LogP contribution >= 0.6 is 0 Å².